The summed E-state index contributed by atoms with van der Waals surface area (Å²) in [5.74, 6) is -5.52. The second-order valence-electron chi connectivity index (χ2n) is 20.2. The van der Waals surface area contributed by atoms with Crippen molar-refractivity contribution in [2.75, 3.05) is 40.6 Å². The van der Waals surface area contributed by atoms with Crippen molar-refractivity contribution in [2.24, 2.45) is 11.3 Å². The van der Waals surface area contributed by atoms with Gasteiger partial charge in [0.2, 0.25) is 0 Å². The van der Waals surface area contributed by atoms with Crippen molar-refractivity contribution in [2.45, 2.75) is 102 Å². The zero-order valence-electron chi connectivity index (χ0n) is 51.3. The van der Waals surface area contributed by atoms with Crippen molar-refractivity contribution in [1.82, 2.24) is 5.06 Å². The molecule has 0 N–H and O–H groups in total. The molecule has 97 heavy (non-hydrogen) atoms. The number of fused-ring (bicyclic) bond motifs is 3. The van der Waals surface area contributed by atoms with Crippen LogP contribution in [0.3, 0.4) is 0 Å². The number of carbonyl (C=O) groups excluding carboxylic acids is 9. The van der Waals surface area contributed by atoms with Gasteiger partial charge in [-0.25, -0.2) is 24.3 Å². The summed E-state index contributed by atoms with van der Waals surface area (Å²) in [4.78, 5) is 139. The lowest BCUT2D eigenvalue weighted by Crippen LogP contribution is -2.40. The van der Waals surface area contributed by atoms with E-state index in [1.807, 2.05) is 48.5 Å². The van der Waals surface area contributed by atoms with Crippen molar-refractivity contribution in [3.05, 3.63) is 131 Å². The van der Waals surface area contributed by atoms with Gasteiger partial charge >= 0.3 is 18.1 Å². The fraction of sp³-hybridized carbons (Fsp3) is 0.421. The highest BCUT2D eigenvalue weighted by atomic mass is 18.0. The van der Waals surface area contributed by atoms with Gasteiger partial charge in [0.05, 0.1) is 32.8 Å². The van der Waals surface area contributed by atoms with Crippen LogP contribution in [0.25, 0.3) is 11.1 Å². The van der Waals surface area contributed by atoms with E-state index >= 15 is 0 Å². The molecule has 0 aromatic heterocycles. The van der Waals surface area contributed by atoms with Gasteiger partial charge in [0.1, 0.15) is 43.0 Å². The third-order valence-corrected chi connectivity index (χ3v) is 13.5. The monoisotopic (exact) mass is 1390 g/mol. The fourth-order valence-corrected chi connectivity index (χ4v) is 9.25. The van der Waals surface area contributed by atoms with Crippen molar-refractivity contribution >= 4 is 53.0 Å². The first-order chi connectivity index (χ1) is 47.3. The maximum absolute atomic E-state index is 13.8. The molecular formula is C57H63NO39. The molecule has 0 saturated carbocycles. The highest BCUT2D eigenvalue weighted by Gasteiger charge is 2.38. The Balaban J connectivity index is 1.02. The third-order valence-electron chi connectivity index (χ3n) is 13.5. The van der Waals surface area contributed by atoms with E-state index in [9.17, 15) is 43.2 Å². The van der Waals surface area contributed by atoms with Crippen LogP contribution in [0.4, 0.5) is 4.79 Å². The Morgan fingerprint density at radius 3 is 1.44 bits per heavy atom. The maximum Gasteiger partial charge on any atom is 0.534 e. The molecule has 1 fully saturated rings. The molecule has 40 nitrogen and oxygen atoms in total. The number of hydrogen-bond donors (Lipinski definition) is 0. The molecular weight excluding hydrogens is 1320 g/mol. The maximum atomic E-state index is 13.8. The summed E-state index contributed by atoms with van der Waals surface area (Å²) in [7, 11) is 2.11. The Morgan fingerprint density at radius 2 is 0.918 bits per heavy atom. The second-order valence-corrected chi connectivity index (χ2v) is 20.2. The van der Waals surface area contributed by atoms with E-state index in [1.165, 1.54) is 0 Å². The lowest BCUT2D eigenvalue weighted by molar-refractivity contribution is -0.870. The standard InChI is InChI=1S/C57H63NO39/c1-68-76-80-84-88-92-96-94-90-86-82-78-73-37-57(38-74-79-83-87-91-95-97-93-89-85-81-77-69-2,33-45(61)15-11-20-54(65)70-35-50-48-18-8-6-16-46(48)47-17-7-9-19-49(47)50)36-72-55(66)21-10-14-43(59)32-42(30-39-12-4-3-5-13-39)51(62)27-26-44(60)31-40-22-24-41(25-23-40)34-71-56(67)75-58-52(63)28-29-53(58)64/h3-9,12-13,16-19,22-25,42,50H,10-11,14-15,20-21,26-38H2,1-2H3. The summed E-state index contributed by atoms with van der Waals surface area (Å²) in [5.41, 5.74) is 4.00. The summed E-state index contributed by atoms with van der Waals surface area (Å²) in [6.07, 6.45) is -3.66. The number of hydroxylamine groups is 2. The van der Waals surface area contributed by atoms with Crippen molar-refractivity contribution < 1.29 is 193 Å². The van der Waals surface area contributed by atoms with E-state index in [0.29, 0.717) is 16.2 Å². The quantitative estimate of drug-likeness (QED) is 0.0113. The Hall–Kier alpha value is -8.13. The summed E-state index contributed by atoms with van der Waals surface area (Å²) >= 11 is 0. The van der Waals surface area contributed by atoms with Crippen LogP contribution in [0.5, 0.6) is 0 Å². The summed E-state index contributed by atoms with van der Waals surface area (Å²) < 4.78 is 16.3. The zero-order chi connectivity index (χ0) is 69.1. The second kappa shape index (κ2) is 45.4. The zero-order valence-corrected chi connectivity index (χ0v) is 51.3. The fourth-order valence-electron chi connectivity index (χ4n) is 9.25. The van der Waals surface area contributed by atoms with E-state index in [4.69, 9.17) is 24.0 Å². The highest BCUT2D eigenvalue weighted by molar-refractivity contribution is 6.01. The topological polar surface area (TPSA) is 434 Å². The largest absolute Gasteiger partial charge is 0.534 e. The summed E-state index contributed by atoms with van der Waals surface area (Å²) in [6.45, 7) is -2.68. The Morgan fingerprint density at radius 1 is 0.454 bits per heavy atom. The van der Waals surface area contributed by atoms with Crippen molar-refractivity contribution in [1.29, 1.82) is 0 Å². The average Bonchev–Trinajstić information content (AvgIpc) is 1.62. The number of amides is 2. The minimum Gasteiger partial charge on any atom is -0.465 e. The molecule has 4 aromatic rings. The molecule has 530 valence electrons. The first-order valence-corrected chi connectivity index (χ1v) is 28.6. The van der Waals surface area contributed by atoms with Crippen molar-refractivity contribution in [3.63, 3.8) is 0 Å². The number of benzene rings is 4. The Bertz CT molecular complexity index is 2970. The molecule has 0 bridgehead atoms. The van der Waals surface area contributed by atoms with Crippen LogP contribution in [0.15, 0.2) is 103 Å². The minimum atomic E-state index is -1.88. The first-order valence-electron chi connectivity index (χ1n) is 28.6. The number of carbonyl (C=O) groups is 9. The minimum absolute atomic E-state index is 0.0285. The lowest BCUT2D eigenvalue weighted by atomic mass is 9.84. The normalized spacial score (nSPS) is 13.1. The van der Waals surface area contributed by atoms with Gasteiger partial charge < -0.3 is 14.2 Å². The van der Waals surface area contributed by atoms with Gasteiger partial charge in [-0.1, -0.05) is 108 Å². The molecule has 1 aliphatic carbocycles. The lowest BCUT2D eigenvalue weighted by Gasteiger charge is -2.30. The van der Waals surface area contributed by atoms with Gasteiger partial charge in [0.25, 0.3) is 11.8 Å². The Labute approximate surface area is 546 Å². The van der Waals surface area contributed by atoms with Gasteiger partial charge in [-0.15, -0.1) is 0 Å². The van der Waals surface area contributed by atoms with E-state index in [1.54, 1.807) is 54.6 Å². The summed E-state index contributed by atoms with van der Waals surface area (Å²) in [5, 5.41) is 86.6. The number of hydrogen-bond acceptors (Lipinski definition) is 39. The van der Waals surface area contributed by atoms with Gasteiger partial charge in [-0.3, -0.25) is 43.2 Å². The number of Topliss-reactive ketones (excluding diaryl/α,β-unsaturated/α-hetero) is 4. The number of rotatable bonds is 55. The predicted octanol–water partition coefficient (Wildman–Crippen LogP) is 6.52. The van der Waals surface area contributed by atoms with E-state index in [0.717, 1.165) is 42.0 Å². The molecule has 1 aliphatic heterocycles. The molecule has 4 aromatic carbocycles. The van der Waals surface area contributed by atoms with Crippen LogP contribution in [0.1, 0.15) is 111 Å². The van der Waals surface area contributed by atoms with Crippen molar-refractivity contribution in [3.8, 4) is 11.1 Å². The molecule has 1 saturated heterocycles. The molecule has 2 amide bonds. The van der Waals surface area contributed by atoms with E-state index in [-0.39, 0.29) is 114 Å². The number of imide groups is 1. The molecule has 1 atom stereocenters. The third kappa shape index (κ3) is 30.0. The van der Waals surface area contributed by atoms with Gasteiger partial charge in [-0.05, 0) is 169 Å². The number of ketones is 4. The Kier molecular flexibility index (Phi) is 36.4. The molecule has 2 aliphatic rings. The summed E-state index contributed by atoms with van der Waals surface area (Å²) in [6, 6.07) is 30.8. The van der Waals surface area contributed by atoms with Crippen LogP contribution in [-0.2, 0) is 207 Å². The van der Waals surface area contributed by atoms with Crippen LogP contribution >= 0.6 is 0 Å². The molecule has 40 heteroatoms. The molecule has 1 unspecified atom stereocenters. The highest BCUT2D eigenvalue weighted by Crippen LogP contribution is 2.44. The number of esters is 2. The van der Waals surface area contributed by atoms with Crippen LogP contribution in [0.2, 0.25) is 0 Å². The average molecular weight is 1390 g/mol. The van der Waals surface area contributed by atoms with Crippen LogP contribution in [0, 0.1) is 11.3 Å². The number of ether oxygens (including phenoxy) is 3. The smallest absolute Gasteiger partial charge is 0.465 e. The van der Waals surface area contributed by atoms with Gasteiger partial charge in [0.15, 0.2) is 0 Å². The predicted molar refractivity (Wildman–Crippen MR) is 290 cm³/mol. The first kappa shape index (κ1) is 77.9. The molecule has 6 rings (SSSR count). The van der Waals surface area contributed by atoms with E-state index in [2.05, 4.69) is 125 Å². The molecule has 1 heterocycles. The van der Waals surface area contributed by atoms with Gasteiger partial charge in [0, 0.05) is 82.5 Å². The van der Waals surface area contributed by atoms with Crippen LogP contribution < -0.4 is 0 Å². The molecule has 0 spiro atoms. The SMILES string of the molecule is COOOOOOOOOOOOOCC(COOOOOOOOOOOOOC)(COC(=O)CCCC(=O)CC(Cc1ccccc1)C(=O)CCC(=O)Cc1ccc(COC(=O)ON2C(=O)CCC2=O)cc1)CC(=O)CCCC(=O)OCC1c2ccccc2-c2ccccc21. The van der Waals surface area contributed by atoms with Crippen LogP contribution in [-0.4, -0.2) is 98.8 Å². The number of nitrogens with zero attached hydrogens (tertiary/aromatic N) is 1. The van der Waals surface area contributed by atoms with E-state index < -0.39 is 79.7 Å². The molecule has 0 radical (unpaired) electrons. The van der Waals surface area contributed by atoms with Gasteiger partial charge in [-0.2, -0.15) is 0 Å².